The molecule has 0 spiro atoms. The molecule has 2 rings (SSSR count). The number of hydrogen-bond donors (Lipinski definition) is 0. The van der Waals surface area contributed by atoms with Crippen LogP contribution in [-0.4, -0.2) is 8.42 Å². The van der Waals surface area contributed by atoms with Gasteiger partial charge >= 0.3 is 0 Å². The summed E-state index contributed by atoms with van der Waals surface area (Å²) in [4.78, 5) is -0.00455. The summed E-state index contributed by atoms with van der Waals surface area (Å²) in [7, 11) is 1.47. The van der Waals surface area contributed by atoms with Gasteiger partial charge in [0.05, 0.1) is 10.5 Å². The molecule has 0 N–H and O–H groups in total. The van der Waals surface area contributed by atoms with Crippen LogP contribution in [0.3, 0.4) is 0 Å². The fourth-order valence-corrected chi connectivity index (χ4v) is 2.21. The zero-order valence-corrected chi connectivity index (χ0v) is 11.1. The smallest absolute Gasteiger partial charge is 0.261 e. The molecule has 0 fully saturated rings. The van der Waals surface area contributed by atoms with E-state index in [4.69, 9.17) is 20.7 Å². The SMILES string of the molecule is N#Cc1ccccc1Oc1ccc(S(=O)(=O)Cl)cc1. The number of para-hydroxylation sites is 1. The molecule has 0 saturated carbocycles. The number of hydrogen-bond acceptors (Lipinski definition) is 4. The Bertz CT molecular complexity index is 733. The molecule has 0 aliphatic carbocycles. The summed E-state index contributed by atoms with van der Waals surface area (Å²) in [6.45, 7) is 0. The lowest BCUT2D eigenvalue weighted by molar-refractivity contribution is 0.480. The van der Waals surface area contributed by atoms with E-state index in [-0.39, 0.29) is 4.90 Å². The summed E-state index contributed by atoms with van der Waals surface area (Å²) in [6.07, 6.45) is 0. The Morgan fingerprint density at radius 1 is 1.05 bits per heavy atom. The van der Waals surface area contributed by atoms with Crippen LogP contribution in [0.5, 0.6) is 11.5 Å². The number of benzene rings is 2. The van der Waals surface area contributed by atoms with Gasteiger partial charge in [0.25, 0.3) is 9.05 Å². The lowest BCUT2D eigenvalue weighted by atomic mass is 10.2. The second kappa shape index (κ2) is 5.31. The largest absolute Gasteiger partial charge is 0.456 e. The van der Waals surface area contributed by atoms with Gasteiger partial charge in [-0.3, -0.25) is 0 Å². The first-order valence-electron chi connectivity index (χ1n) is 5.22. The maximum absolute atomic E-state index is 11.1. The summed E-state index contributed by atoms with van der Waals surface area (Å²) in [5.41, 5.74) is 0.400. The lowest BCUT2D eigenvalue weighted by Gasteiger charge is -2.07. The van der Waals surface area contributed by atoms with Crippen LogP contribution in [-0.2, 0) is 9.05 Å². The first-order chi connectivity index (χ1) is 9.00. The Balaban J connectivity index is 2.28. The van der Waals surface area contributed by atoms with E-state index < -0.39 is 9.05 Å². The molecule has 6 heteroatoms. The van der Waals surface area contributed by atoms with Gasteiger partial charge in [-0.05, 0) is 36.4 Å². The van der Waals surface area contributed by atoms with Gasteiger partial charge in [0, 0.05) is 10.7 Å². The maximum Gasteiger partial charge on any atom is 0.261 e. The van der Waals surface area contributed by atoms with Crippen LogP contribution < -0.4 is 4.74 Å². The van der Waals surface area contributed by atoms with Gasteiger partial charge in [-0.2, -0.15) is 5.26 Å². The third-order valence-corrected chi connectivity index (χ3v) is 3.71. The molecule has 2 aromatic carbocycles. The van der Waals surface area contributed by atoms with Gasteiger partial charge in [0.15, 0.2) is 0 Å². The molecule has 0 bridgehead atoms. The minimum absolute atomic E-state index is 0.00455. The van der Waals surface area contributed by atoms with Gasteiger partial charge in [-0.25, -0.2) is 8.42 Å². The highest BCUT2D eigenvalue weighted by Crippen LogP contribution is 2.26. The van der Waals surface area contributed by atoms with Crippen molar-refractivity contribution in [2.24, 2.45) is 0 Å². The van der Waals surface area contributed by atoms with E-state index in [9.17, 15) is 8.42 Å². The van der Waals surface area contributed by atoms with E-state index in [1.807, 2.05) is 6.07 Å². The molecule has 19 heavy (non-hydrogen) atoms. The van der Waals surface area contributed by atoms with Crippen molar-refractivity contribution in [3.63, 3.8) is 0 Å². The van der Waals surface area contributed by atoms with E-state index in [0.29, 0.717) is 17.1 Å². The molecule has 0 saturated heterocycles. The number of ether oxygens (including phenoxy) is 1. The van der Waals surface area contributed by atoms with Crippen LogP contribution in [0.2, 0.25) is 0 Å². The minimum atomic E-state index is -3.74. The third-order valence-electron chi connectivity index (χ3n) is 2.34. The topological polar surface area (TPSA) is 67.2 Å². The van der Waals surface area contributed by atoms with Gasteiger partial charge in [-0.1, -0.05) is 12.1 Å². The number of nitriles is 1. The standard InChI is InChI=1S/C13H8ClNO3S/c14-19(16,17)12-7-5-11(6-8-12)18-13-4-2-1-3-10(13)9-15/h1-8H. The van der Waals surface area contributed by atoms with E-state index in [1.165, 1.54) is 24.3 Å². The van der Waals surface area contributed by atoms with Crippen LogP contribution in [0.1, 0.15) is 5.56 Å². The van der Waals surface area contributed by atoms with E-state index in [1.54, 1.807) is 24.3 Å². The van der Waals surface area contributed by atoms with Crippen molar-refractivity contribution in [3.05, 3.63) is 54.1 Å². The number of halogens is 1. The van der Waals surface area contributed by atoms with Crippen LogP contribution >= 0.6 is 10.7 Å². The van der Waals surface area contributed by atoms with E-state index in [0.717, 1.165) is 0 Å². The summed E-state index contributed by atoms with van der Waals surface area (Å²) in [6, 6.07) is 14.4. The third kappa shape index (κ3) is 3.25. The summed E-state index contributed by atoms with van der Waals surface area (Å²) in [5, 5.41) is 8.92. The average molecular weight is 294 g/mol. The number of nitrogens with zero attached hydrogens (tertiary/aromatic N) is 1. The highest BCUT2D eigenvalue weighted by Gasteiger charge is 2.10. The van der Waals surface area contributed by atoms with Crippen LogP contribution in [0.15, 0.2) is 53.4 Å². The molecule has 96 valence electrons. The molecule has 0 heterocycles. The summed E-state index contributed by atoms with van der Waals surface area (Å²) >= 11 is 0. The molecule has 0 aromatic heterocycles. The predicted octanol–water partition coefficient (Wildman–Crippen LogP) is 3.28. The Morgan fingerprint density at radius 3 is 2.26 bits per heavy atom. The summed E-state index contributed by atoms with van der Waals surface area (Å²) < 4.78 is 27.7. The zero-order valence-electron chi connectivity index (χ0n) is 9.58. The average Bonchev–Trinajstić information content (AvgIpc) is 2.39. The van der Waals surface area contributed by atoms with Crippen molar-refractivity contribution in [1.29, 1.82) is 5.26 Å². The van der Waals surface area contributed by atoms with Crippen molar-refractivity contribution in [1.82, 2.24) is 0 Å². The fourth-order valence-electron chi connectivity index (χ4n) is 1.45. The minimum Gasteiger partial charge on any atom is -0.456 e. The van der Waals surface area contributed by atoms with Crippen molar-refractivity contribution in [2.45, 2.75) is 4.90 Å². The van der Waals surface area contributed by atoms with Crippen molar-refractivity contribution >= 4 is 19.7 Å². The fraction of sp³-hybridized carbons (Fsp3) is 0. The van der Waals surface area contributed by atoms with E-state index >= 15 is 0 Å². The van der Waals surface area contributed by atoms with Crippen molar-refractivity contribution < 1.29 is 13.2 Å². The molecule has 0 unspecified atom stereocenters. The zero-order chi connectivity index (χ0) is 13.9. The monoisotopic (exact) mass is 293 g/mol. The molecule has 0 aliphatic rings. The highest BCUT2D eigenvalue weighted by molar-refractivity contribution is 8.13. The quantitative estimate of drug-likeness (QED) is 0.815. The Hall–Kier alpha value is -2.03. The molecular weight excluding hydrogens is 286 g/mol. The molecule has 0 aliphatic heterocycles. The molecule has 4 nitrogen and oxygen atoms in total. The highest BCUT2D eigenvalue weighted by atomic mass is 35.7. The second-order valence-electron chi connectivity index (χ2n) is 3.62. The van der Waals surface area contributed by atoms with Crippen LogP contribution in [0.4, 0.5) is 0 Å². The lowest BCUT2D eigenvalue weighted by Crippen LogP contribution is -1.91. The summed E-state index contributed by atoms with van der Waals surface area (Å²) in [5.74, 6) is 0.832. The molecule has 2 aromatic rings. The van der Waals surface area contributed by atoms with Gasteiger partial charge < -0.3 is 4.74 Å². The first kappa shape index (κ1) is 13.4. The van der Waals surface area contributed by atoms with Crippen molar-refractivity contribution in [3.8, 4) is 17.6 Å². The van der Waals surface area contributed by atoms with Gasteiger partial charge in [0.2, 0.25) is 0 Å². The second-order valence-corrected chi connectivity index (χ2v) is 6.19. The molecule has 0 radical (unpaired) electrons. The van der Waals surface area contributed by atoms with Crippen molar-refractivity contribution in [2.75, 3.05) is 0 Å². The number of rotatable bonds is 3. The van der Waals surface area contributed by atoms with Crippen LogP contribution in [0.25, 0.3) is 0 Å². The normalized spacial score (nSPS) is 10.7. The molecule has 0 amide bonds. The molecular formula is C13H8ClNO3S. The Morgan fingerprint density at radius 2 is 1.68 bits per heavy atom. The Labute approximate surface area is 115 Å². The Kier molecular flexibility index (Phi) is 3.74. The maximum atomic E-state index is 11.1. The first-order valence-corrected chi connectivity index (χ1v) is 7.53. The van der Waals surface area contributed by atoms with Gasteiger partial charge in [0.1, 0.15) is 17.6 Å². The molecule has 0 atom stereocenters. The van der Waals surface area contributed by atoms with Gasteiger partial charge in [-0.15, -0.1) is 0 Å². The van der Waals surface area contributed by atoms with E-state index in [2.05, 4.69) is 0 Å². The van der Waals surface area contributed by atoms with Crippen LogP contribution in [0, 0.1) is 11.3 Å². The predicted molar refractivity (Wildman–Crippen MR) is 70.7 cm³/mol.